The SMILES string of the molecule is C[C@H](NC(=O)Cc1csc(N2CCCC2=O)n1)c1ccccn1. The zero-order chi connectivity index (χ0) is 16.2. The molecule has 0 radical (unpaired) electrons. The Labute approximate surface area is 138 Å². The normalized spacial score (nSPS) is 15.7. The van der Waals surface area contributed by atoms with Gasteiger partial charge in [0, 0.05) is 24.5 Å². The number of thiazole rings is 1. The molecule has 1 fully saturated rings. The second kappa shape index (κ2) is 6.87. The summed E-state index contributed by atoms with van der Waals surface area (Å²) in [4.78, 5) is 34.2. The van der Waals surface area contributed by atoms with Gasteiger partial charge in [0.2, 0.25) is 11.8 Å². The molecule has 2 amide bonds. The fourth-order valence-corrected chi connectivity index (χ4v) is 3.38. The summed E-state index contributed by atoms with van der Waals surface area (Å²) in [5.41, 5.74) is 1.51. The number of aromatic nitrogens is 2. The molecule has 0 aromatic carbocycles. The number of rotatable bonds is 5. The van der Waals surface area contributed by atoms with Gasteiger partial charge in [-0.25, -0.2) is 4.98 Å². The third-order valence-electron chi connectivity index (χ3n) is 3.69. The predicted molar refractivity (Wildman–Crippen MR) is 88.2 cm³/mol. The van der Waals surface area contributed by atoms with Gasteiger partial charge in [-0.15, -0.1) is 11.3 Å². The number of carbonyl (C=O) groups is 2. The number of hydrogen-bond acceptors (Lipinski definition) is 5. The molecule has 0 spiro atoms. The molecule has 1 aliphatic heterocycles. The average molecular weight is 330 g/mol. The largest absolute Gasteiger partial charge is 0.348 e. The fraction of sp³-hybridized carbons (Fsp3) is 0.375. The molecule has 0 aliphatic carbocycles. The Balaban J connectivity index is 1.58. The third kappa shape index (κ3) is 3.73. The van der Waals surface area contributed by atoms with Crippen LogP contribution in [-0.2, 0) is 16.0 Å². The summed E-state index contributed by atoms with van der Waals surface area (Å²) < 4.78 is 0. The van der Waals surface area contributed by atoms with Gasteiger partial charge in [-0.2, -0.15) is 0 Å². The number of nitrogens with zero attached hydrogens (tertiary/aromatic N) is 3. The summed E-state index contributed by atoms with van der Waals surface area (Å²) in [5, 5.41) is 5.44. The van der Waals surface area contributed by atoms with E-state index in [0.717, 1.165) is 12.1 Å². The maximum atomic E-state index is 12.1. The van der Waals surface area contributed by atoms with Gasteiger partial charge in [0.05, 0.1) is 23.9 Å². The standard InChI is InChI=1S/C16H18N4O2S/c1-11(13-5-2-3-7-17-13)18-14(21)9-12-10-23-16(19-12)20-8-4-6-15(20)22/h2-3,5,7,10-11H,4,6,8-9H2,1H3,(H,18,21)/t11-/m0/s1. The smallest absolute Gasteiger partial charge is 0.228 e. The highest BCUT2D eigenvalue weighted by molar-refractivity contribution is 7.14. The highest BCUT2D eigenvalue weighted by atomic mass is 32.1. The maximum Gasteiger partial charge on any atom is 0.228 e. The van der Waals surface area contributed by atoms with Crippen LogP contribution in [0.5, 0.6) is 0 Å². The number of amides is 2. The first kappa shape index (κ1) is 15.6. The Morgan fingerprint density at radius 2 is 2.35 bits per heavy atom. The van der Waals surface area contributed by atoms with Crippen molar-refractivity contribution >= 4 is 28.3 Å². The molecule has 1 aliphatic rings. The summed E-state index contributed by atoms with van der Waals surface area (Å²) in [7, 11) is 0. The second-order valence-electron chi connectivity index (χ2n) is 5.49. The van der Waals surface area contributed by atoms with Crippen molar-refractivity contribution in [3.8, 4) is 0 Å². The number of pyridine rings is 1. The fourth-order valence-electron chi connectivity index (χ4n) is 2.51. The van der Waals surface area contributed by atoms with Crippen molar-refractivity contribution in [1.82, 2.24) is 15.3 Å². The summed E-state index contributed by atoms with van der Waals surface area (Å²) >= 11 is 1.41. The van der Waals surface area contributed by atoms with Crippen LogP contribution in [0.3, 0.4) is 0 Å². The predicted octanol–water partition coefficient (Wildman–Crippen LogP) is 2.08. The van der Waals surface area contributed by atoms with Gasteiger partial charge in [0.1, 0.15) is 0 Å². The number of carbonyl (C=O) groups excluding carboxylic acids is 2. The minimum Gasteiger partial charge on any atom is -0.348 e. The van der Waals surface area contributed by atoms with Gasteiger partial charge in [-0.1, -0.05) is 6.07 Å². The minimum atomic E-state index is -0.151. The highest BCUT2D eigenvalue weighted by Gasteiger charge is 2.24. The molecule has 6 nitrogen and oxygen atoms in total. The van der Waals surface area contributed by atoms with Crippen molar-refractivity contribution in [1.29, 1.82) is 0 Å². The Bertz CT molecular complexity index is 701. The van der Waals surface area contributed by atoms with Crippen LogP contribution in [0.4, 0.5) is 5.13 Å². The van der Waals surface area contributed by atoms with Crippen LogP contribution in [0.2, 0.25) is 0 Å². The van der Waals surface area contributed by atoms with Crippen LogP contribution in [0.25, 0.3) is 0 Å². The van der Waals surface area contributed by atoms with Crippen molar-refractivity contribution in [2.24, 2.45) is 0 Å². The summed E-state index contributed by atoms with van der Waals surface area (Å²) in [6.45, 7) is 2.62. The molecule has 0 bridgehead atoms. The molecule has 3 rings (SSSR count). The topological polar surface area (TPSA) is 75.2 Å². The van der Waals surface area contributed by atoms with Crippen LogP contribution in [0.1, 0.15) is 37.2 Å². The molecular weight excluding hydrogens is 312 g/mol. The lowest BCUT2D eigenvalue weighted by Gasteiger charge is -2.13. The second-order valence-corrected chi connectivity index (χ2v) is 6.33. The van der Waals surface area contributed by atoms with Crippen LogP contribution in [0.15, 0.2) is 29.8 Å². The van der Waals surface area contributed by atoms with Crippen molar-refractivity contribution in [3.05, 3.63) is 41.2 Å². The molecule has 1 saturated heterocycles. The molecule has 23 heavy (non-hydrogen) atoms. The van der Waals surface area contributed by atoms with Crippen LogP contribution >= 0.6 is 11.3 Å². The van der Waals surface area contributed by atoms with Gasteiger partial charge < -0.3 is 5.32 Å². The van der Waals surface area contributed by atoms with E-state index in [1.165, 1.54) is 11.3 Å². The lowest BCUT2D eigenvalue weighted by atomic mass is 10.2. The van der Waals surface area contributed by atoms with Gasteiger partial charge in [0.15, 0.2) is 5.13 Å². The molecular formula is C16H18N4O2S. The van der Waals surface area contributed by atoms with Crippen LogP contribution in [-0.4, -0.2) is 28.3 Å². The molecule has 0 saturated carbocycles. The first-order chi connectivity index (χ1) is 11.1. The molecule has 2 aromatic heterocycles. The molecule has 1 atom stereocenters. The van der Waals surface area contributed by atoms with E-state index in [4.69, 9.17) is 0 Å². The maximum absolute atomic E-state index is 12.1. The Morgan fingerprint density at radius 1 is 1.48 bits per heavy atom. The van der Waals surface area contributed by atoms with E-state index in [1.54, 1.807) is 11.1 Å². The van der Waals surface area contributed by atoms with Crippen molar-refractivity contribution in [3.63, 3.8) is 0 Å². The van der Waals surface area contributed by atoms with E-state index < -0.39 is 0 Å². The molecule has 0 unspecified atom stereocenters. The number of anilines is 1. The lowest BCUT2D eigenvalue weighted by molar-refractivity contribution is -0.121. The Morgan fingerprint density at radius 3 is 3.04 bits per heavy atom. The molecule has 120 valence electrons. The summed E-state index contributed by atoms with van der Waals surface area (Å²) in [5.74, 6) is 0.00637. The van der Waals surface area contributed by atoms with Gasteiger partial charge >= 0.3 is 0 Å². The van der Waals surface area contributed by atoms with E-state index in [1.807, 2.05) is 30.5 Å². The number of nitrogens with one attached hydrogen (secondary N) is 1. The quantitative estimate of drug-likeness (QED) is 0.911. The molecule has 7 heteroatoms. The zero-order valence-corrected chi connectivity index (χ0v) is 13.7. The third-order valence-corrected chi connectivity index (χ3v) is 4.61. The van der Waals surface area contributed by atoms with E-state index in [9.17, 15) is 9.59 Å². The monoisotopic (exact) mass is 330 g/mol. The van der Waals surface area contributed by atoms with E-state index >= 15 is 0 Å². The lowest BCUT2D eigenvalue weighted by Crippen LogP contribution is -2.28. The molecule has 1 N–H and O–H groups in total. The zero-order valence-electron chi connectivity index (χ0n) is 12.9. The van der Waals surface area contributed by atoms with Crippen LogP contribution in [0, 0.1) is 0 Å². The minimum absolute atomic E-state index is 0.104. The van der Waals surface area contributed by atoms with Crippen molar-refractivity contribution in [2.45, 2.75) is 32.2 Å². The highest BCUT2D eigenvalue weighted by Crippen LogP contribution is 2.25. The first-order valence-corrected chi connectivity index (χ1v) is 8.46. The van der Waals surface area contributed by atoms with Crippen LogP contribution < -0.4 is 10.2 Å². The van der Waals surface area contributed by atoms with Gasteiger partial charge in [0.25, 0.3) is 0 Å². The average Bonchev–Trinajstić information content (AvgIpc) is 3.16. The van der Waals surface area contributed by atoms with E-state index in [2.05, 4.69) is 15.3 Å². The molecule has 3 heterocycles. The molecule has 2 aromatic rings. The number of hydrogen-bond donors (Lipinski definition) is 1. The van der Waals surface area contributed by atoms with E-state index in [0.29, 0.717) is 23.8 Å². The Kier molecular flexibility index (Phi) is 4.66. The van der Waals surface area contributed by atoms with Gasteiger partial charge in [-0.3, -0.25) is 19.5 Å². The van der Waals surface area contributed by atoms with Gasteiger partial charge in [-0.05, 0) is 25.5 Å². The first-order valence-electron chi connectivity index (χ1n) is 7.58. The summed E-state index contributed by atoms with van der Waals surface area (Å²) in [6.07, 6.45) is 3.36. The van der Waals surface area contributed by atoms with E-state index in [-0.39, 0.29) is 24.3 Å². The van der Waals surface area contributed by atoms with Crippen molar-refractivity contribution < 1.29 is 9.59 Å². The Hall–Kier alpha value is -2.28. The summed E-state index contributed by atoms with van der Waals surface area (Å²) in [6, 6.07) is 5.46. The van der Waals surface area contributed by atoms with Crippen molar-refractivity contribution in [2.75, 3.05) is 11.4 Å².